The molecular formula is C41H42N4O8. The van der Waals surface area contributed by atoms with E-state index in [1.54, 1.807) is 18.2 Å². The Balaban J connectivity index is 1.78. The van der Waals surface area contributed by atoms with Crippen molar-refractivity contribution in [1.82, 2.24) is 19.9 Å². The number of hydrogen-bond acceptors (Lipinski definition) is 9. The molecule has 2 aliphatic heterocycles. The van der Waals surface area contributed by atoms with Crippen LogP contribution >= 0.6 is 0 Å². The Kier molecular flexibility index (Phi) is 9.83. The van der Waals surface area contributed by atoms with Crippen molar-refractivity contribution in [2.45, 2.75) is 58.8 Å². The molecule has 6 rings (SSSR count). The van der Waals surface area contributed by atoms with Gasteiger partial charge in [0, 0.05) is 40.5 Å². The van der Waals surface area contributed by atoms with Crippen LogP contribution in [0.4, 0.5) is 0 Å². The summed E-state index contributed by atoms with van der Waals surface area (Å²) >= 11 is 0. The van der Waals surface area contributed by atoms with Crippen LogP contribution in [0.5, 0.6) is 0 Å². The van der Waals surface area contributed by atoms with E-state index in [9.17, 15) is 24.3 Å². The smallest absolute Gasteiger partial charge is 0.334 e. The van der Waals surface area contributed by atoms with Crippen molar-refractivity contribution in [3.8, 4) is 0 Å². The number of aryl methyl sites for hydroxylation is 3. The van der Waals surface area contributed by atoms with E-state index in [0.29, 0.717) is 45.8 Å². The number of methoxy groups -OCH3 is 3. The number of esters is 3. The minimum Gasteiger partial charge on any atom is -0.481 e. The molecule has 0 fully saturated rings. The zero-order chi connectivity index (χ0) is 38.4. The van der Waals surface area contributed by atoms with E-state index >= 15 is 0 Å². The van der Waals surface area contributed by atoms with E-state index in [1.165, 1.54) is 21.3 Å². The highest BCUT2D eigenvalue weighted by Crippen LogP contribution is 2.52. The molecule has 0 amide bonds. The van der Waals surface area contributed by atoms with Gasteiger partial charge in [-0.2, -0.15) is 0 Å². The number of carbonyl (C=O) groups excluding carboxylic acids is 3. The van der Waals surface area contributed by atoms with Gasteiger partial charge in [0.25, 0.3) is 0 Å². The van der Waals surface area contributed by atoms with Crippen LogP contribution in [-0.2, 0) is 45.2 Å². The molecule has 53 heavy (non-hydrogen) atoms. The molecule has 3 aliphatic rings. The molecule has 3 aromatic rings. The standard InChI is InChI=1S/C41H42N4O8/c1-9-23-20(2)29-17-34-27-13-10-26(39(49)52-7)38(40(50)53-8)41(27,5)35(45-34)19-30-22(4)25(12-15-37(48)51-6)33(44-30)18-32-24(11-14-36(46)47)21(3)28(43-32)16-31(23)42-29/h9-10,13,16-19,38,42,44H,1,11-12,14-15H2,2-8H3,(H,46,47)/t38-,41+/m1/s1. The number of aromatic nitrogens is 4. The van der Waals surface area contributed by atoms with Gasteiger partial charge in [0.05, 0.1) is 55.1 Å². The Hall–Kier alpha value is -6.04. The summed E-state index contributed by atoms with van der Waals surface area (Å²) in [6, 6.07) is 7.59. The number of rotatable bonds is 9. The van der Waals surface area contributed by atoms with Gasteiger partial charge < -0.3 is 29.3 Å². The van der Waals surface area contributed by atoms with Crippen LogP contribution in [0.1, 0.15) is 78.1 Å². The zero-order valence-corrected chi connectivity index (χ0v) is 30.9. The summed E-state index contributed by atoms with van der Waals surface area (Å²) in [7, 11) is 3.89. The maximum Gasteiger partial charge on any atom is 0.334 e. The number of allylic oxidation sites excluding steroid dienone is 5. The molecular weight excluding hydrogens is 676 g/mol. The second kappa shape index (κ2) is 14.2. The fourth-order valence-electron chi connectivity index (χ4n) is 7.68. The summed E-state index contributed by atoms with van der Waals surface area (Å²) in [5.41, 5.74) is 9.92. The van der Waals surface area contributed by atoms with Gasteiger partial charge in [-0.05, 0) is 98.2 Å². The van der Waals surface area contributed by atoms with Gasteiger partial charge in [0.1, 0.15) is 5.92 Å². The van der Waals surface area contributed by atoms with Gasteiger partial charge >= 0.3 is 23.9 Å². The van der Waals surface area contributed by atoms with Crippen molar-refractivity contribution in [2.24, 2.45) is 5.92 Å². The van der Waals surface area contributed by atoms with Crippen LogP contribution in [0.3, 0.4) is 0 Å². The lowest BCUT2D eigenvalue weighted by molar-refractivity contribution is -0.149. The maximum atomic E-state index is 13.7. The van der Waals surface area contributed by atoms with Gasteiger partial charge in [-0.1, -0.05) is 24.8 Å². The lowest BCUT2D eigenvalue weighted by Gasteiger charge is -2.36. The maximum absolute atomic E-state index is 13.7. The SMILES string of the molecule is C=Cc1c(C)c2cc3nc(cc4[nH]c(cc5nc(cc1[nH]2)C(C)=C5CCC(=O)O)c(CCC(=O)OC)c4C)[C@]1(C)C3=CC=C(C(=O)OC)[C@@H]1C(=O)OC. The number of carboxylic acid groups (broad SMARTS) is 1. The highest BCUT2D eigenvalue weighted by atomic mass is 16.5. The molecule has 12 heteroatoms. The summed E-state index contributed by atoms with van der Waals surface area (Å²) in [5, 5.41) is 9.61. The highest BCUT2D eigenvalue weighted by molar-refractivity contribution is 6.02. The first-order chi connectivity index (χ1) is 25.3. The Morgan fingerprint density at radius 1 is 0.830 bits per heavy atom. The molecule has 2 atom stereocenters. The molecule has 1 aliphatic carbocycles. The van der Waals surface area contributed by atoms with Crippen LogP contribution in [0.2, 0.25) is 0 Å². The van der Waals surface area contributed by atoms with E-state index in [-0.39, 0.29) is 30.8 Å². The summed E-state index contributed by atoms with van der Waals surface area (Å²) in [6.07, 6.45) is 5.79. The van der Waals surface area contributed by atoms with Crippen molar-refractivity contribution in [2.75, 3.05) is 21.3 Å². The molecule has 0 radical (unpaired) electrons. The zero-order valence-electron chi connectivity index (χ0n) is 30.9. The fourth-order valence-corrected chi connectivity index (χ4v) is 7.68. The molecule has 0 aromatic carbocycles. The van der Waals surface area contributed by atoms with Crippen molar-refractivity contribution in [3.05, 3.63) is 93.6 Å². The van der Waals surface area contributed by atoms with Gasteiger partial charge in [-0.25, -0.2) is 9.78 Å². The second-order valence-corrected chi connectivity index (χ2v) is 13.5. The first-order valence-electron chi connectivity index (χ1n) is 17.2. The quantitative estimate of drug-likeness (QED) is 0.159. The topological polar surface area (TPSA) is 174 Å². The first-order valence-corrected chi connectivity index (χ1v) is 17.2. The Morgan fingerprint density at radius 3 is 2.17 bits per heavy atom. The van der Waals surface area contributed by atoms with Crippen LogP contribution in [-0.4, -0.2) is 70.2 Å². The molecule has 0 unspecified atom stereocenters. The van der Waals surface area contributed by atoms with Crippen LogP contribution in [0.15, 0.2) is 48.6 Å². The molecule has 274 valence electrons. The molecule has 5 heterocycles. The Morgan fingerprint density at radius 2 is 1.51 bits per heavy atom. The third kappa shape index (κ3) is 6.28. The minimum atomic E-state index is -1.17. The van der Waals surface area contributed by atoms with Crippen LogP contribution < -0.4 is 0 Å². The predicted octanol–water partition coefficient (Wildman–Crippen LogP) is 6.72. The number of H-pyrrole nitrogens is 2. The number of aliphatic carboxylic acids is 1. The second-order valence-electron chi connectivity index (χ2n) is 13.5. The number of carboxylic acids is 1. The van der Waals surface area contributed by atoms with Crippen LogP contribution in [0, 0.1) is 19.8 Å². The number of fused-ring (bicyclic) bond motifs is 11. The largest absolute Gasteiger partial charge is 0.481 e. The van der Waals surface area contributed by atoms with E-state index in [1.807, 2.05) is 52.0 Å². The summed E-state index contributed by atoms with van der Waals surface area (Å²) in [5.74, 6) is -3.66. The molecule has 3 N–H and O–H groups in total. The lowest BCUT2D eigenvalue weighted by Crippen LogP contribution is -2.42. The first kappa shape index (κ1) is 36.7. The number of nitrogens with zero attached hydrogens (tertiary/aromatic N) is 2. The van der Waals surface area contributed by atoms with Gasteiger partial charge in [-0.15, -0.1) is 0 Å². The Labute approximate surface area is 306 Å². The van der Waals surface area contributed by atoms with Gasteiger partial charge in [-0.3, -0.25) is 19.4 Å². The number of hydrogen-bond donors (Lipinski definition) is 3. The third-order valence-corrected chi connectivity index (χ3v) is 10.7. The molecule has 8 bridgehead atoms. The molecule has 0 saturated carbocycles. The minimum absolute atomic E-state index is 0.0837. The van der Waals surface area contributed by atoms with Crippen LogP contribution in [0.25, 0.3) is 44.9 Å². The predicted molar refractivity (Wildman–Crippen MR) is 201 cm³/mol. The third-order valence-electron chi connectivity index (χ3n) is 10.7. The number of ether oxygens (including phenoxy) is 3. The molecule has 12 nitrogen and oxygen atoms in total. The average Bonchev–Trinajstić information content (AvgIpc) is 3.79. The van der Waals surface area contributed by atoms with Crippen molar-refractivity contribution in [3.63, 3.8) is 0 Å². The summed E-state index contributed by atoms with van der Waals surface area (Å²) in [6.45, 7) is 11.8. The van der Waals surface area contributed by atoms with Crippen molar-refractivity contribution in [1.29, 1.82) is 0 Å². The average molecular weight is 719 g/mol. The summed E-state index contributed by atoms with van der Waals surface area (Å²) in [4.78, 5) is 68.1. The molecule has 3 aromatic heterocycles. The van der Waals surface area contributed by atoms with E-state index in [2.05, 4.69) is 16.5 Å². The number of aromatic amines is 2. The fraction of sp³-hybridized carbons (Fsp3) is 0.317. The molecule has 0 saturated heterocycles. The highest BCUT2D eigenvalue weighted by Gasteiger charge is 2.53. The van der Waals surface area contributed by atoms with Gasteiger partial charge in [0.2, 0.25) is 0 Å². The van der Waals surface area contributed by atoms with Gasteiger partial charge in [0.15, 0.2) is 0 Å². The van der Waals surface area contributed by atoms with Crippen molar-refractivity contribution < 1.29 is 38.5 Å². The van der Waals surface area contributed by atoms with E-state index < -0.39 is 29.2 Å². The Bertz CT molecular complexity index is 2370. The van der Waals surface area contributed by atoms with Crippen molar-refractivity contribution >= 4 is 68.7 Å². The summed E-state index contributed by atoms with van der Waals surface area (Å²) < 4.78 is 15.4. The van der Waals surface area contributed by atoms with E-state index in [0.717, 1.165) is 44.4 Å². The normalized spacial score (nSPS) is 17.8. The molecule has 0 spiro atoms. The monoisotopic (exact) mass is 718 g/mol. The lowest BCUT2D eigenvalue weighted by atomic mass is 9.64. The number of carbonyl (C=O) groups is 4. The number of nitrogens with one attached hydrogen (secondary N) is 2. The van der Waals surface area contributed by atoms with E-state index in [4.69, 9.17) is 24.2 Å².